The Kier molecular flexibility index (Phi) is 8.31. The fraction of sp³-hybridized carbons (Fsp3) is 0.636. The molecule has 5 nitrogen and oxygen atoms in total. The Morgan fingerprint density at radius 2 is 2.06 bits per heavy atom. The molecule has 0 aromatic carbocycles. The summed E-state index contributed by atoms with van der Waals surface area (Å²) >= 11 is 1.55. The molecule has 0 aromatic heterocycles. The minimum atomic E-state index is -1.00. The van der Waals surface area contributed by atoms with Gasteiger partial charge < -0.3 is 15.7 Å². The topological polar surface area (TPSA) is 78.4 Å². The minimum Gasteiger partial charge on any atom is -0.480 e. The Balaban J connectivity index is 4.03. The van der Waals surface area contributed by atoms with Crippen LogP contribution in [-0.2, 0) is 4.79 Å². The van der Waals surface area contributed by atoms with E-state index in [1.807, 2.05) is 26.2 Å². The fourth-order valence-corrected chi connectivity index (χ4v) is 1.52. The van der Waals surface area contributed by atoms with Gasteiger partial charge in [-0.3, -0.25) is 0 Å². The van der Waals surface area contributed by atoms with Gasteiger partial charge in [-0.2, -0.15) is 11.8 Å². The second-order valence-corrected chi connectivity index (χ2v) is 4.79. The summed E-state index contributed by atoms with van der Waals surface area (Å²) in [6, 6.07) is -1.27. The molecule has 0 aromatic rings. The number of carboxylic acid groups (broad SMARTS) is 1. The van der Waals surface area contributed by atoms with Crippen LogP contribution in [0, 0.1) is 0 Å². The standard InChI is InChI=1S/C11H20N2O3S/c1-8(2)4-6-12-11(16)13-9(10(14)15)5-7-17-3/h4,9H,5-7H2,1-3H3,(H,14,15)(H2,12,13,16). The molecule has 0 radical (unpaired) electrons. The maximum Gasteiger partial charge on any atom is 0.326 e. The molecule has 0 saturated heterocycles. The van der Waals surface area contributed by atoms with Crippen LogP contribution in [0.3, 0.4) is 0 Å². The van der Waals surface area contributed by atoms with E-state index in [9.17, 15) is 9.59 Å². The number of carbonyl (C=O) groups is 2. The monoisotopic (exact) mass is 260 g/mol. The number of hydrogen-bond acceptors (Lipinski definition) is 3. The van der Waals surface area contributed by atoms with Crippen LogP contribution >= 0.6 is 11.8 Å². The number of carbonyl (C=O) groups excluding carboxylic acids is 1. The highest BCUT2D eigenvalue weighted by Crippen LogP contribution is 2.00. The zero-order chi connectivity index (χ0) is 13.3. The second kappa shape index (κ2) is 8.92. The average Bonchev–Trinajstić information content (AvgIpc) is 2.23. The first-order chi connectivity index (χ1) is 7.97. The van der Waals surface area contributed by atoms with Gasteiger partial charge in [-0.25, -0.2) is 9.59 Å². The number of allylic oxidation sites excluding steroid dienone is 1. The Hall–Kier alpha value is -1.17. The summed E-state index contributed by atoms with van der Waals surface area (Å²) in [5.74, 6) is -0.304. The maximum absolute atomic E-state index is 11.4. The summed E-state index contributed by atoms with van der Waals surface area (Å²) in [5.41, 5.74) is 1.10. The maximum atomic E-state index is 11.4. The lowest BCUT2D eigenvalue weighted by Crippen LogP contribution is -2.46. The van der Waals surface area contributed by atoms with Gasteiger partial charge in [0, 0.05) is 6.54 Å². The van der Waals surface area contributed by atoms with Gasteiger partial charge in [0.15, 0.2) is 0 Å². The smallest absolute Gasteiger partial charge is 0.326 e. The first-order valence-electron chi connectivity index (χ1n) is 5.36. The van der Waals surface area contributed by atoms with Crippen LogP contribution in [0.4, 0.5) is 4.79 Å². The molecule has 0 heterocycles. The molecule has 1 atom stereocenters. The molecule has 3 N–H and O–H groups in total. The zero-order valence-electron chi connectivity index (χ0n) is 10.4. The Morgan fingerprint density at radius 3 is 2.53 bits per heavy atom. The number of thioether (sulfide) groups is 1. The highest BCUT2D eigenvalue weighted by molar-refractivity contribution is 7.98. The lowest BCUT2D eigenvalue weighted by molar-refractivity contribution is -0.139. The van der Waals surface area contributed by atoms with Crippen molar-refractivity contribution in [3.63, 3.8) is 0 Å². The van der Waals surface area contributed by atoms with Gasteiger partial charge in [0.25, 0.3) is 0 Å². The summed E-state index contributed by atoms with van der Waals surface area (Å²) in [6.45, 7) is 4.26. The number of aliphatic carboxylic acids is 1. The highest BCUT2D eigenvalue weighted by Gasteiger charge is 2.18. The van der Waals surface area contributed by atoms with Crippen LogP contribution in [0.1, 0.15) is 20.3 Å². The molecule has 1 unspecified atom stereocenters. The normalized spacial score (nSPS) is 11.5. The van der Waals surface area contributed by atoms with Crippen LogP contribution in [-0.4, -0.2) is 41.7 Å². The molecule has 98 valence electrons. The van der Waals surface area contributed by atoms with Gasteiger partial charge in [0.05, 0.1) is 0 Å². The van der Waals surface area contributed by atoms with Crippen molar-refractivity contribution in [2.75, 3.05) is 18.6 Å². The van der Waals surface area contributed by atoms with Gasteiger partial charge in [0.2, 0.25) is 0 Å². The molecule has 6 heteroatoms. The number of carboxylic acids is 1. The van der Waals surface area contributed by atoms with Crippen molar-refractivity contribution >= 4 is 23.8 Å². The molecule has 0 aliphatic heterocycles. The number of urea groups is 1. The molecular formula is C11H20N2O3S. The minimum absolute atomic E-state index is 0.406. The van der Waals surface area contributed by atoms with Crippen molar-refractivity contribution in [2.24, 2.45) is 0 Å². The molecular weight excluding hydrogens is 240 g/mol. The van der Waals surface area contributed by atoms with E-state index in [1.54, 1.807) is 11.8 Å². The van der Waals surface area contributed by atoms with Crippen LogP contribution < -0.4 is 10.6 Å². The van der Waals surface area contributed by atoms with Crippen LogP contribution in [0.2, 0.25) is 0 Å². The molecule has 0 bridgehead atoms. The quantitative estimate of drug-likeness (QED) is 0.606. The Labute approximate surface area is 106 Å². The van der Waals surface area contributed by atoms with Crippen molar-refractivity contribution < 1.29 is 14.7 Å². The predicted molar refractivity (Wildman–Crippen MR) is 70.4 cm³/mol. The average molecular weight is 260 g/mol. The van der Waals surface area contributed by atoms with Crippen molar-refractivity contribution in [3.05, 3.63) is 11.6 Å². The van der Waals surface area contributed by atoms with Gasteiger partial charge >= 0.3 is 12.0 Å². The van der Waals surface area contributed by atoms with Crippen molar-refractivity contribution in [3.8, 4) is 0 Å². The molecule has 0 spiro atoms. The summed E-state index contributed by atoms with van der Waals surface area (Å²) < 4.78 is 0. The lowest BCUT2D eigenvalue weighted by atomic mass is 10.2. The van der Waals surface area contributed by atoms with E-state index >= 15 is 0 Å². The molecule has 17 heavy (non-hydrogen) atoms. The molecule has 0 saturated carbocycles. The van der Waals surface area contributed by atoms with E-state index < -0.39 is 18.0 Å². The van der Waals surface area contributed by atoms with Crippen LogP contribution in [0.5, 0.6) is 0 Å². The molecule has 0 aliphatic carbocycles. The van der Waals surface area contributed by atoms with E-state index in [-0.39, 0.29) is 0 Å². The predicted octanol–water partition coefficient (Wildman–Crippen LogP) is 1.46. The van der Waals surface area contributed by atoms with Crippen molar-refractivity contribution in [1.29, 1.82) is 0 Å². The van der Waals surface area contributed by atoms with Crippen LogP contribution in [0.25, 0.3) is 0 Å². The first-order valence-corrected chi connectivity index (χ1v) is 6.76. The Bertz CT molecular complexity index is 288. The molecule has 0 rings (SSSR count). The van der Waals surface area contributed by atoms with E-state index in [4.69, 9.17) is 5.11 Å². The van der Waals surface area contributed by atoms with Gasteiger partial charge in [-0.05, 0) is 32.3 Å². The zero-order valence-corrected chi connectivity index (χ0v) is 11.3. The molecule has 2 amide bonds. The third-order valence-corrected chi connectivity index (χ3v) is 2.63. The van der Waals surface area contributed by atoms with E-state index in [0.717, 1.165) is 5.57 Å². The highest BCUT2D eigenvalue weighted by atomic mass is 32.2. The third kappa shape index (κ3) is 8.62. The lowest BCUT2D eigenvalue weighted by Gasteiger charge is -2.14. The number of nitrogens with one attached hydrogen (secondary N) is 2. The number of amides is 2. The van der Waals surface area contributed by atoms with E-state index in [2.05, 4.69) is 10.6 Å². The SMILES string of the molecule is CSCCC(NC(=O)NCC=C(C)C)C(=O)O. The number of rotatable bonds is 7. The molecule has 0 aliphatic rings. The van der Waals surface area contributed by atoms with Crippen molar-refractivity contribution in [2.45, 2.75) is 26.3 Å². The summed E-state index contributed by atoms with van der Waals surface area (Å²) in [5, 5.41) is 13.9. The third-order valence-electron chi connectivity index (χ3n) is 1.99. The summed E-state index contributed by atoms with van der Waals surface area (Å²) in [7, 11) is 0. The first kappa shape index (κ1) is 15.8. The number of hydrogen-bond donors (Lipinski definition) is 3. The second-order valence-electron chi connectivity index (χ2n) is 3.81. The van der Waals surface area contributed by atoms with Crippen molar-refractivity contribution in [1.82, 2.24) is 10.6 Å². The fourth-order valence-electron chi connectivity index (χ4n) is 1.05. The van der Waals surface area contributed by atoms with Gasteiger partial charge in [-0.1, -0.05) is 11.6 Å². The summed E-state index contributed by atoms with van der Waals surface area (Å²) in [6.07, 6.45) is 4.18. The summed E-state index contributed by atoms with van der Waals surface area (Å²) in [4.78, 5) is 22.2. The molecule has 0 fully saturated rings. The Morgan fingerprint density at radius 1 is 1.41 bits per heavy atom. The van der Waals surface area contributed by atoms with Gasteiger partial charge in [-0.15, -0.1) is 0 Å². The van der Waals surface area contributed by atoms with Crippen LogP contribution in [0.15, 0.2) is 11.6 Å². The van der Waals surface area contributed by atoms with Gasteiger partial charge in [0.1, 0.15) is 6.04 Å². The van der Waals surface area contributed by atoms with E-state index in [1.165, 1.54) is 0 Å². The largest absolute Gasteiger partial charge is 0.480 e. The van der Waals surface area contributed by atoms with E-state index in [0.29, 0.717) is 18.7 Å².